The van der Waals surface area contributed by atoms with Crippen LogP contribution in [-0.4, -0.2) is 3.96 Å². The van der Waals surface area contributed by atoms with Crippen molar-refractivity contribution in [1.29, 1.82) is 0 Å². The van der Waals surface area contributed by atoms with E-state index in [9.17, 15) is 0 Å². The van der Waals surface area contributed by atoms with Gasteiger partial charge in [0.05, 0.1) is 3.96 Å². The van der Waals surface area contributed by atoms with Crippen LogP contribution in [0.15, 0.2) is 70.5 Å². The van der Waals surface area contributed by atoms with Crippen LogP contribution in [-0.2, 0) is 0 Å². The maximum atomic E-state index is 3.65. The second-order valence-corrected chi connectivity index (χ2v) is 6.77. The highest BCUT2D eigenvalue weighted by Crippen LogP contribution is 2.31. The van der Waals surface area contributed by atoms with Crippen LogP contribution in [0.2, 0.25) is 0 Å². The molecule has 0 saturated heterocycles. The zero-order valence-corrected chi connectivity index (χ0v) is 11.2. The summed E-state index contributed by atoms with van der Waals surface area (Å²) in [5.74, 6) is 0. The van der Waals surface area contributed by atoms with E-state index in [1.807, 2.05) is 12.1 Å². The third-order valence-corrected chi connectivity index (χ3v) is 4.41. The molecule has 0 unspecified atom stereocenters. The van der Waals surface area contributed by atoms with Gasteiger partial charge in [-0.25, -0.2) is 0 Å². The summed E-state index contributed by atoms with van der Waals surface area (Å²) < 4.78 is 1.15. The fourth-order valence-corrected chi connectivity index (χ4v) is 3.68. The molecule has 3 heteroatoms. The fraction of sp³-hybridized carbons (Fsp3) is 0. The van der Waals surface area contributed by atoms with E-state index in [0.29, 0.717) is 0 Å². The lowest BCUT2D eigenvalue weighted by molar-refractivity contribution is 1.47. The van der Waals surface area contributed by atoms with Crippen LogP contribution in [0, 0.1) is 0 Å². The Morgan fingerprint density at radius 1 is 0.688 bits per heavy atom. The molecule has 0 aliphatic carbocycles. The van der Waals surface area contributed by atoms with Crippen LogP contribution >= 0.6 is 32.4 Å². The molecule has 0 amide bonds. The van der Waals surface area contributed by atoms with Crippen molar-refractivity contribution >= 4 is 36.3 Å². The van der Waals surface area contributed by atoms with Crippen molar-refractivity contribution in [2.24, 2.45) is 0 Å². The largest absolute Gasteiger partial charge is 0.0989 e. The molecule has 80 valence electrons. The van der Waals surface area contributed by atoms with Gasteiger partial charge >= 0.3 is 0 Å². The molecule has 0 fully saturated rings. The minimum absolute atomic E-state index is 1.15. The predicted octanol–water partition coefficient (Wildman–Crippen LogP) is 4.80. The Morgan fingerprint density at radius 2 is 1.06 bits per heavy atom. The highest BCUT2D eigenvalue weighted by atomic mass is 32.2. The summed E-state index contributed by atoms with van der Waals surface area (Å²) in [6.45, 7) is 0. The minimum Gasteiger partial charge on any atom is -0.0989 e. The number of hydrogen-bond donors (Lipinski definition) is 0. The molecule has 0 saturated carbocycles. The van der Waals surface area contributed by atoms with Gasteiger partial charge in [-0.15, -0.1) is 0 Å². The van der Waals surface area contributed by atoms with Crippen molar-refractivity contribution in [2.45, 2.75) is 9.79 Å². The van der Waals surface area contributed by atoms with E-state index in [-0.39, 0.29) is 0 Å². The fourth-order valence-electron chi connectivity index (χ4n) is 1.21. The molecule has 2 aromatic carbocycles. The summed E-state index contributed by atoms with van der Waals surface area (Å²) in [4.78, 5) is 2.49. The molecule has 2 rings (SSSR count). The monoisotopic (exact) mass is 262 g/mol. The first-order chi connectivity index (χ1) is 7.84. The smallest absolute Gasteiger partial charge is 0.0694 e. The van der Waals surface area contributed by atoms with Crippen LogP contribution in [0.3, 0.4) is 0 Å². The molecular formula is C13H11PS2. The lowest BCUT2D eigenvalue weighted by Crippen LogP contribution is -1.80. The zero-order valence-electron chi connectivity index (χ0n) is 8.59. The first-order valence-corrected chi connectivity index (χ1v) is 7.02. The first-order valence-electron chi connectivity index (χ1n) is 4.89. The molecule has 0 heterocycles. The second kappa shape index (κ2) is 6.15. The van der Waals surface area contributed by atoms with Gasteiger partial charge in [0, 0.05) is 9.79 Å². The van der Waals surface area contributed by atoms with Crippen LogP contribution in [0.25, 0.3) is 0 Å². The standard InChI is InChI=1S/C13H11PS2/c14-13(15-11-7-3-1-4-8-11)16-12-9-5-2-6-10-12/h1-10,14H. The van der Waals surface area contributed by atoms with Crippen molar-refractivity contribution in [3.05, 3.63) is 60.7 Å². The molecule has 0 radical (unpaired) electrons. The average molecular weight is 262 g/mol. The number of hydrogen-bond acceptors (Lipinski definition) is 2. The Balaban J connectivity index is 1.95. The van der Waals surface area contributed by atoms with Crippen molar-refractivity contribution in [1.82, 2.24) is 0 Å². The van der Waals surface area contributed by atoms with E-state index in [4.69, 9.17) is 0 Å². The maximum Gasteiger partial charge on any atom is 0.0694 e. The van der Waals surface area contributed by atoms with Gasteiger partial charge in [-0.2, -0.15) is 0 Å². The lowest BCUT2D eigenvalue weighted by atomic mass is 10.4. The Morgan fingerprint density at radius 3 is 1.44 bits per heavy atom. The van der Waals surface area contributed by atoms with Crippen LogP contribution in [0.5, 0.6) is 0 Å². The van der Waals surface area contributed by atoms with Crippen molar-refractivity contribution in [3.8, 4) is 0 Å². The Labute approximate surface area is 107 Å². The maximum absolute atomic E-state index is 3.65. The van der Waals surface area contributed by atoms with Crippen molar-refractivity contribution < 1.29 is 0 Å². The number of rotatable bonds is 4. The molecule has 0 aliphatic heterocycles. The molecule has 0 spiro atoms. The van der Waals surface area contributed by atoms with E-state index in [1.165, 1.54) is 9.79 Å². The summed E-state index contributed by atoms with van der Waals surface area (Å²) in [5, 5.41) is 0. The Bertz CT molecular complexity index is 410. The summed E-state index contributed by atoms with van der Waals surface area (Å²) in [6.07, 6.45) is 0. The zero-order chi connectivity index (χ0) is 11.2. The average Bonchev–Trinajstić information content (AvgIpc) is 2.31. The normalized spacial score (nSPS) is 10.0. The van der Waals surface area contributed by atoms with Gasteiger partial charge in [-0.3, -0.25) is 0 Å². The summed E-state index contributed by atoms with van der Waals surface area (Å²) in [5.41, 5.74) is 0. The summed E-state index contributed by atoms with van der Waals surface area (Å²) in [7, 11) is 3.65. The van der Waals surface area contributed by atoms with Gasteiger partial charge in [0.1, 0.15) is 0 Å². The molecule has 0 atom stereocenters. The number of thioether (sulfide) groups is 2. The van der Waals surface area contributed by atoms with E-state index < -0.39 is 0 Å². The minimum atomic E-state index is 1.15. The van der Waals surface area contributed by atoms with Gasteiger partial charge in [0.15, 0.2) is 0 Å². The van der Waals surface area contributed by atoms with Gasteiger partial charge in [0.25, 0.3) is 0 Å². The van der Waals surface area contributed by atoms with E-state index in [1.54, 1.807) is 23.5 Å². The first kappa shape index (κ1) is 11.8. The number of benzene rings is 2. The summed E-state index contributed by atoms with van der Waals surface area (Å²) >= 11 is 3.46. The lowest BCUT2D eigenvalue weighted by Gasteiger charge is -2.03. The van der Waals surface area contributed by atoms with Gasteiger partial charge < -0.3 is 0 Å². The quantitative estimate of drug-likeness (QED) is 0.573. The van der Waals surface area contributed by atoms with E-state index in [0.717, 1.165) is 3.96 Å². The SMILES string of the molecule is P=C(Sc1ccccc1)Sc1ccccc1. The molecule has 0 nitrogen and oxygen atoms in total. The topological polar surface area (TPSA) is 0 Å². The molecular weight excluding hydrogens is 251 g/mol. The molecule has 0 aliphatic rings. The van der Waals surface area contributed by atoms with E-state index in [2.05, 4.69) is 57.4 Å². The second-order valence-electron chi connectivity index (χ2n) is 3.12. The molecule has 2 aromatic rings. The highest BCUT2D eigenvalue weighted by Gasteiger charge is 2.00. The van der Waals surface area contributed by atoms with Crippen LogP contribution in [0.1, 0.15) is 0 Å². The van der Waals surface area contributed by atoms with Crippen LogP contribution < -0.4 is 0 Å². The highest BCUT2D eigenvalue weighted by molar-refractivity contribution is 8.42. The third kappa shape index (κ3) is 3.71. The Kier molecular flexibility index (Phi) is 4.53. The molecule has 16 heavy (non-hydrogen) atoms. The molecule has 0 aromatic heterocycles. The van der Waals surface area contributed by atoms with Gasteiger partial charge in [-0.05, 0) is 24.3 Å². The van der Waals surface area contributed by atoms with Gasteiger partial charge in [-0.1, -0.05) is 68.8 Å². The molecule has 0 N–H and O–H groups in total. The van der Waals surface area contributed by atoms with Crippen molar-refractivity contribution in [3.63, 3.8) is 0 Å². The summed E-state index contributed by atoms with van der Waals surface area (Å²) in [6, 6.07) is 20.7. The van der Waals surface area contributed by atoms with Gasteiger partial charge in [0.2, 0.25) is 0 Å². The van der Waals surface area contributed by atoms with E-state index >= 15 is 0 Å². The third-order valence-electron chi connectivity index (χ3n) is 1.91. The van der Waals surface area contributed by atoms with Crippen LogP contribution in [0.4, 0.5) is 0 Å². The van der Waals surface area contributed by atoms with Crippen molar-refractivity contribution in [2.75, 3.05) is 0 Å². The molecule has 0 bridgehead atoms. The Hall–Kier alpha value is -0.690. The predicted molar refractivity (Wildman–Crippen MR) is 77.9 cm³/mol.